The van der Waals surface area contributed by atoms with E-state index in [0.29, 0.717) is 11.3 Å². The summed E-state index contributed by atoms with van der Waals surface area (Å²) in [5.74, 6) is -0.309. The number of carbonyl (C=O) groups excluding carboxylic acids is 2. The number of halogens is 1. The molecular formula is C12H18ClN3O2. The van der Waals surface area contributed by atoms with Crippen molar-refractivity contribution >= 4 is 29.9 Å². The van der Waals surface area contributed by atoms with Gasteiger partial charge in [0.2, 0.25) is 5.91 Å². The number of nitrogen functional groups attached to an aromatic ring is 1. The smallest absolute Gasteiger partial charge is 0.254 e. The summed E-state index contributed by atoms with van der Waals surface area (Å²) >= 11 is 0. The zero-order valence-corrected chi connectivity index (χ0v) is 11.5. The molecule has 1 aromatic carbocycles. The lowest BCUT2D eigenvalue weighted by atomic mass is 10.2. The van der Waals surface area contributed by atoms with Crippen molar-refractivity contribution in [2.45, 2.75) is 0 Å². The van der Waals surface area contributed by atoms with Gasteiger partial charge in [0, 0.05) is 32.4 Å². The van der Waals surface area contributed by atoms with Gasteiger partial charge in [0.15, 0.2) is 0 Å². The second-order valence-electron chi connectivity index (χ2n) is 4.07. The summed E-state index contributed by atoms with van der Waals surface area (Å²) in [5, 5.41) is 0. The Morgan fingerprint density at radius 1 is 1.11 bits per heavy atom. The van der Waals surface area contributed by atoms with Crippen LogP contribution in [0.3, 0.4) is 0 Å². The van der Waals surface area contributed by atoms with Crippen molar-refractivity contribution in [2.24, 2.45) is 0 Å². The first kappa shape index (κ1) is 16.2. The van der Waals surface area contributed by atoms with Gasteiger partial charge in [-0.05, 0) is 24.3 Å². The van der Waals surface area contributed by atoms with Crippen LogP contribution in [0.15, 0.2) is 24.3 Å². The molecule has 0 spiro atoms. The third-order valence-electron chi connectivity index (χ3n) is 2.38. The van der Waals surface area contributed by atoms with Crippen LogP contribution >= 0.6 is 12.4 Å². The van der Waals surface area contributed by atoms with Gasteiger partial charge in [0.25, 0.3) is 5.91 Å². The summed E-state index contributed by atoms with van der Waals surface area (Å²) in [4.78, 5) is 26.2. The minimum absolute atomic E-state index is 0. The molecule has 2 amide bonds. The Kier molecular flexibility index (Phi) is 6.19. The topological polar surface area (TPSA) is 66.6 Å². The zero-order chi connectivity index (χ0) is 13.0. The molecule has 5 nitrogen and oxygen atoms in total. The fourth-order valence-electron chi connectivity index (χ4n) is 1.26. The number of benzene rings is 1. The maximum Gasteiger partial charge on any atom is 0.254 e. The van der Waals surface area contributed by atoms with Crippen LogP contribution in [-0.4, -0.2) is 49.3 Å². The van der Waals surface area contributed by atoms with Gasteiger partial charge in [-0.1, -0.05) is 0 Å². The molecule has 0 unspecified atom stereocenters. The molecule has 0 aromatic heterocycles. The van der Waals surface area contributed by atoms with Crippen molar-refractivity contribution in [3.8, 4) is 0 Å². The van der Waals surface area contributed by atoms with Crippen molar-refractivity contribution in [1.29, 1.82) is 0 Å². The molecule has 0 atom stereocenters. The lowest BCUT2D eigenvalue weighted by molar-refractivity contribution is -0.129. The molecule has 0 fully saturated rings. The predicted molar refractivity (Wildman–Crippen MR) is 73.8 cm³/mol. The van der Waals surface area contributed by atoms with Crippen molar-refractivity contribution in [3.63, 3.8) is 0 Å². The van der Waals surface area contributed by atoms with Crippen molar-refractivity contribution in [3.05, 3.63) is 29.8 Å². The number of nitrogens with zero attached hydrogens (tertiary/aromatic N) is 2. The summed E-state index contributed by atoms with van der Waals surface area (Å²) in [5.41, 5.74) is 6.66. The second-order valence-corrected chi connectivity index (χ2v) is 4.07. The van der Waals surface area contributed by atoms with E-state index in [1.54, 1.807) is 45.4 Å². The molecule has 0 saturated heterocycles. The standard InChI is InChI=1S/C12H17N3O2.ClH/c1-14(2)11(16)8-15(3)12(17)9-4-6-10(13)7-5-9;/h4-7H,8,13H2,1-3H3;1H. The molecule has 0 heterocycles. The van der Waals surface area contributed by atoms with E-state index in [9.17, 15) is 9.59 Å². The third-order valence-corrected chi connectivity index (χ3v) is 2.38. The number of hydrogen-bond acceptors (Lipinski definition) is 3. The predicted octanol–water partition coefficient (Wildman–Crippen LogP) is 0.851. The lowest BCUT2D eigenvalue weighted by Crippen LogP contribution is -2.37. The minimum atomic E-state index is -0.194. The first-order valence-corrected chi connectivity index (χ1v) is 5.23. The summed E-state index contributed by atoms with van der Waals surface area (Å²) in [7, 11) is 4.91. The van der Waals surface area contributed by atoms with Gasteiger partial charge in [-0.2, -0.15) is 0 Å². The van der Waals surface area contributed by atoms with E-state index in [-0.39, 0.29) is 30.8 Å². The number of hydrogen-bond donors (Lipinski definition) is 1. The number of carbonyl (C=O) groups is 2. The average molecular weight is 272 g/mol. The maximum absolute atomic E-state index is 11.9. The minimum Gasteiger partial charge on any atom is -0.399 e. The highest BCUT2D eigenvalue weighted by molar-refractivity contribution is 5.96. The van der Waals surface area contributed by atoms with Crippen LogP contribution < -0.4 is 5.73 Å². The van der Waals surface area contributed by atoms with Gasteiger partial charge in [-0.25, -0.2) is 0 Å². The van der Waals surface area contributed by atoms with Gasteiger partial charge < -0.3 is 15.5 Å². The number of rotatable bonds is 3. The molecule has 18 heavy (non-hydrogen) atoms. The van der Waals surface area contributed by atoms with Gasteiger partial charge in [0.1, 0.15) is 0 Å². The largest absolute Gasteiger partial charge is 0.399 e. The van der Waals surface area contributed by atoms with Crippen LogP contribution in [0.25, 0.3) is 0 Å². The molecule has 0 aliphatic carbocycles. The Labute approximate surface area is 113 Å². The highest BCUT2D eigenvalue weighted by Crippen LogP contribution is 2.07. The van der Waals surface area contributed by atoms with E-state index in [2.05, 4.69) is 0 Å². The first-order chi connectivity index (χ1) is 7.91. The molecular weight excluding hydrogens is 254 g/mol. The fourth-order valence-corrected chi connectivity index (χ4v) is 1.26. The molecule has 2 N–H and O–H groups in total. The Morgan fingerprint density at radius 2 is 1.61 bits per heavy atom. The average Bonchev–Trinajstić information content (AvgIpc) is 2.28. The van der Waals surface area contributed by atoms with Crippen LogP contribution in [0.5, 0.6) is 0 Å². The van der Waals surface area contributed by atoms with Crippen LogP contribution in [-0.2, 0) is 4.79 Å². The van der Waals surface area contributed by atoms with Crippen molar-refractivity contribution < 1.29 is 9.59 Å². The van der Waals surface area contributed by atoms with Crippen LogP contribution in [0.1, 0.15) is 10.4 Å². The molecule has 0 aliphatic rings. The highest BCUT2D eigenvalue weighted by Gasteiger charge is 2.15. The first-order valence-electron chi connectivity index (χ1n) is 5.23. The van der Waals surface area contributed by atoms with E-state index < -0.39 is 0 Å². The van der Waals surface area contributed by atoms with Gasteiger partial charge in [-0.15, -0.1) is 12.4 Å². The summed E-state index contributed by atoms with van der Waals surface area (Å²) in [6.07, 6.45) is 0. The Hall–Kier alpha value is -1.75. The normalized spacial score (nSPS) is 9.28. The third kappa shape index (κ3) is 4.25. The molecule has 1 aromatic rings. The van der Waals surface area contributed by atoms with Crippen molar-refractivity contribution in [1.82, 2.24) is 9.80 Å². The second kappa shape index (κ2) is 6.86. The highest BCUT2D eigenvalue weighted by atomic mass is 35.5. The molecule has 0 radical (unpaired) electrons. The van der Waals surface area contributed by atoms with E-state index >= 15 is 0 Å². The lowest BCUT2D eigenvalue weighted by Gasteiger charge is -2.19. The van der Waals surface area contributed by atoms with Crippen LogP contribution in [0.2, 0.25) is 0 Å². The molecule has 0 aliphatic heterocycles. The maximum atomic E-state index is 11.9. The molecule has 100 valence electrons. The monoisotopic (exact) mass is 271 g/mol. The van der Waals surface area contributed by atoms with Crippen LogP contribution in [0.4, 0.5) is 5.69 Å². The van der Waals surface area contributed by atoms with E-state index in [4.69, 9.17) is 5.73 Å². The Balaban J connectivity index is 0.00000289. The molecule has 0 bridgehead atoms. The SMILES string of the molecule is CN(C)C(=O)CN(C)C(=O)c1ccc(N)cc1.Cl. The fraction of sp³-hybridized carbons (Fsp3) is 0.333. The van der Waals surface area contributed by atoms with Crippen molar-refractivity contribution in [2.75, 3.05) is 33.4 Å². The number of anilines is 1. The summed E-state index contributed by atoms with van der Waals surface area (Å²) < 4.78 is 0. The number of likely N-dealkylation sites (N-methyl/N-ethyl adjacent to an activating group) is 2. The quantitative estimate of drug-likeness (QED) is 0.829. The Morgan fingerprint density at radius 3 is 2.06 bits per heavy atom. The van der Waals surface area contributed by atoms with E-state index in [1.807, 2.05) is 0 Å². The molecule has 1 rings (SSSR count). The molecule has 6 heteroatoms. The summed E-state index contributed by atoms with van der Waals surface area (Å²) in [6, 6.07) is 6.62. The van der Waals surface area contributed by atoms with Gasteiger partial charge in [-0.3, -0.25) is 9.59 Å². The molecule has 0 saturated carbocycles. The zero-order valence-electron chi connectivity index (χ0n) is 10.7. The number of amides is 2. The Bertz CT molecular complexity index is 418. The number of nitrogens with two attached hydrogens (primary N) is 1. The van der Waals surface area contributed by atoms with Crippen LogP contribution in [0, 0.1) is 0 Å². The van der Waals surface area contributed by atoms with Gasteiger partial charge >= 0.3 is 0 Å². The summed E-state index contributed by atoms with van der Waals surface area (Å²) in [6.45, 7) is 0.0657. The van der Waals surface area contributed by atoms with Gasteiger partial charge in [0.05, 0.1) is 6.54 Å². The van der Waals surface area contributed by atoms with E-state index in [1.165, 1.54) is 9.80 Å². The van der Waals surface area contributed by atoms with E-state index in [0.717, 1.165) is 0 Å².